The average Bonchev–Trinajstić information content (AvgIpc) is 2.80. The molecule has 0 bridgehead atoms. The van der Waals surface area contributed by atoms with Crippen molar-refractivity contribution in [1.82, 2.24) is 5.32 Å². The summed E-state index contributed by atoms with van der Waals surface area (Å²) in [4.78, 5) is 0. The second-order valence-corrected chi connectivity index (χ2v) is 10.3. The summed E-state index contributed by atoms with van der Waals surface area (Å²) in [5.74, 6) is -3.09. The normalized spacial score (nSPS) is 42.1. The van der Waals surface area contributed by atoms with Gasteiger partial charge in [0.1, 0.15) is 23.6 Å². The zero-order valence-corrected chi connectivity index (χ0v) is 21.0. The Kier molecular flexibility index (Phi) is 8.14. The molecule has 5 N–H and O–H groups in total. The molecule has 9 nitrogen and oxygen atoms in total. The number of likely N-dealkylation sites (N-methyl/N-ethyl adjacent to an activating group) is 1. The van der Waals surface area contributed by atoms with Gasteiger partial charge in [-0.05, 0) is 57.4 Å². The summed E-state index contributed by atoms with van der Waals surface area (Å²) >= 11 is 0. The van der Waals surface area contributed by atoms with Crippen LogP contribution in [0.15, 0.2) is 24.3 Å². The van der Waals surface area contributed by atoms with E-state index in [0.29, 0.717) is 19.3 Å². The maximum Gasteiger partial charge on any atom is 0.573 e. The van der Waals surface area contributed by atoms with Gasteiger partial charge in [0.2, 0.25) is 12.1 Å². The van der Waals surface area contributed by atoms with Crippen molar-refractivity contribution in [3.8, 4) is 5.75 Å². The molecule has 10 atom stereocenters. The molecule has 2 saturated heterocycles. The van der Waals surface area contributed by atoms with Gasteiger partial charge in [0.15, 0.2) is 0 Å². The highest BCUT2D eigenvalue weighted by molar-refractivity contribution is 5.27. The first kappa shape index (κ1) is 28.5. The summed E-state index contributed by atoms with van der Waals surface area (Å²) in [5, 5.41) is 48.1. The minimum Gasteiger partial charge on any atom is -0.406 e. The van der Waals surface area contributed by atoms with Crippen LogP contribution in [-0.4, -0.2) is 88.1 Å². The molecule has 1 aromatic rings. The average molecular weight is 536 g/mol. The SMILES string of the molecule is CC[C@@H]1[C@H](O)[C@H](NC)[C@H]2O[C@]3(O)[C@H](O[C@@H]2[C@H]1O)O[C@H](C)C[C@]3(O)CCCc1ccc(OC(F)(F)F)cc1. The van der Waals surface area contributed by atoms with E-state index in [2.05, 4.69) is 10.1 Å². The van der Waals surface area contributed by atoms with Gasteiger partial charge in [-0.2, -0.15) is 0 Å². The fourth-order valence-electron chi connectivity index (χ4n) is 5.98. The zero-order chi connectivity index (χ0) is 27.2. The van der Waals surface area contributed by atoms with Crippen LogP contribution in [0, 0.1) is 5.92 Å². The molecule has 0 radical (unpaired) electrons. The van der Waals surface area contributed by atoms with Crippen molar-refractivity contribution in [1.29, 1.82) is 0 Å². The third-order valence-electron chi connectivity index (χ3n) is 7.84. The molecule has 210 valence electrons. The number of halogens is 3. The van der Waals surface area contributed by atoms with Gasteiger partial charge < -0.3 is 44.7 Å². The first-order valence-corrected chi connectivity index (χ1v) is 12.6. The van der Waals surface area contributed by atoms with E-state index in [4.69, 9.17) is 14.2 Å². The molecule has 12 heteroatoms. The lowest BCUT2D eigenvalue weighted by molar-refractivity contribution is -0.485. The molecular weight excluding hydrogens is 499 g/mol. The van der Waals surface area contributed by atoms with Crippen molar-refractivity contribution in [3.63, 3.8) is 0 Å². The van der Waals surface area contributed by atoms with Crippen LogP contribution in [-0.2, 0) is 20.6 Å². The van der Waals surface area contributed by atoms with Gasteiger partial charge in [-0.3, -0.25) is 0 Å². The maximum absolute atomic E-state index is 12.4. The Morgan fingerprint density at radius 1 is 1.08 bits per heavy atom. The fraction of sp³-hybridized carbons (Fsp3) is 0.760. The number of alkyl halides is 3. The van der Waals surface area contributed by atoms with Crippen LogP contribution in [0.2, 0.25) is 0 Å². The molecule has 2 aliphatic heterocycles. The summed E-state index contributed by atoms with van der Waals surface area (Å²) in [7, 11) is 1.63. The smallest absolute Gasteiger partial charge is 0.406 e. The number of ether oxygens (including phenoxy) is 4. The van der Waals surface area contributed by atoms with Gasteiger partial charge in [0, 0.05) is 12.3 Å². The second-order valence-electron chi connectivity index (χ2n) is 10.3. The van der Waals surface area contributed by atoms with Gasteiger partial charge in [-0.25, -0.2) is 0 Å². The number of hydrogen-bond donors (Lipinski definition) is 5. The summed E-state index contributed by atoms with van der Waals surface area (Å²) in [6, 6.07) is 4.77. The lowest BCUT2D eigenvalue weighted by Crippen LogP contribution is -2.78. The standard InChI is InChI=1S/C25H36F3NO8/c1-4-16-18(30)17(29-3)20-21(19(16)31)35-22-24(33,37-20)23(32,12-13(2)34-22)11-5-6-14-7-9-15(10-8-14)36-25(26,27)28/h7-10,13,16-22,29-33H,4-6,11-12H2,1-3H3/t13-,16-,17+,18+,19+,20-,21-,22+,23-,24-/m1/s1. The number of aliphatic hydroxyl groups is 4. The highest BCUT2D eigenvalue weighted by Crippen LogP contribution is 2.49. The Morgan fingerprint density at radius 2 is 1.76 bits per heavy atom. The number of fused-ring (bicyclic) bond motifs is 2. The van der Waals surface area contributed by atoms with Gasteiger partial charge in [-0.1, -0.05) is 19.1 Å². The van der Waals surface area contributed by atoms with Gasteiger partial charge in [0.05, 0.1) is 24.4 Å². The second kappa shape index (κ2) is 10.6. The maximum atomic E-state index is 12.4. The number of hydrogen-bond acceptors (Lipinski definition) is 9. The Balaban J connectivity index is 1.49. The minimum absolute atomic E-state index is 0.0337. The van der Waals surface area contributed by atoms with E-state index in [1.807, 2.05) is 6.92 Å². The highest BCUT2D eigenvalue weighted by Gasteiger charge is 2.68. The van der Waals surface area contributed by atoms with Gasteiger partial charge >= 0.3 is 6.36 Å². The monoisotopic (exact) mass is 535 g/mol. The molecule has 3 fully saturated rings. The van der Waals surface area contributed by atoms with Crippen molar-refractivity contribution in [3.05, 3.63) is 29.8 Å². The Morgan fingerprint density at radius 3 is 2.35 bits per heavy atom. The van der Waals surface area contributed by atoms with Crippen LogP contribution in [0.25, 0.3) is 0 Å². The molecule has 37 heavy (non-hydrogen) atoms. The van der Waals surface area contributed by atoms with E-state index < -0.39 is 66.5 Å². The highest BCUT2D eigenvalue weighted by atomic mass is 19.4. The zero-order valence-electron chi connectivity index (χ0n) is 21.0. The number of aliphatic hydroxyl groups excluding tert-OH is 2. The molecule has 1 saturated carbocycles. The van der Waals surface area contributed by atoms with E-state index in [9.17, 15) is 33.6 Å². The van der Waals surface area contributed by atoms with Gasteiger partial charge in [0.25, 0.3) is 0 Å². The predicted molar refractivity (Wildman–Crippen MR) is 123 cm³/mol. The quantitative estimate of drug-likeness (QED) is 0.354. The molecule has 1 aromatic carbocycles. The molecule has 0 aromatic heterocycles. The van der Waals surface area contributed by atoms with E-state index >= 15 is 0 Å². The largest absolute Gasteiger partial charge is 0.573 e. The van der Waals surface area contributed by atoms with Crippen LogP contribution in [0.3, 0.4) is 0 Å². The number of nitrogens with one attached hydrogen (secondary N) is 1. The van der Waals surface area contributed by atoms with Gasteiger partial charge in [-0.15, -0.1) is 13.2 Å². The summed E-state index contributed by atoms with van der Waals surface area (Å²) < 4.78 is 59.0. The van der Waals surface area contributed by atoms with Crippen molar-refractivity contribution >= 4 is 0 Å². The van der Waals surface area contributed by atoms with E-state index in [1.165, 1.54) is 24.3 Å². The minimum atomic E-state index is -4.77. The Bertz CT molecular complexity index is 920. The summed E-state index contributed by atoms with van der Waals surface area (Å²) in [6.07, 6.45) is -9.18. The summed E-state index contributed by atoms with van der Waals surface area (Å²) in [6.45, 7) is 3.57. The number of benzene rings is 1. The van der Waals surface area contributed by atoms with Crippen LogP contribution >= 0.6 is 0 Å². The number of rotatable bonds is 7. The molecule has 0 amide bonds. The van der Waals surface area contributed by atoms with Crippen molar-refractivity contribution < 1.29 is 52.5 Å². The summed E-state index contributed by atoms with van der Waals surface area (Å²) in [5.41, 5.74) is -1.07. The lowest BCUT2D eigenvalue weighted by Gasteiger charge is -2.60. The third-order valence-corrected chi connectivity index (χ3v) is 7.84. The first-order chi connectivity index (χ1) is 17.3. The topological polar surface area (TPSA) is 130 Å². The van der Waals surface area contributed by atoms with E-state index in [1.54, 1.807) is 14.0 Å². The molecule has 3 aliphatic rings. The van der Waals surface area contributed by atoms with Crippen LogP contribution < -0.4 is 10.1 Å². The molecule has 2 heterocycles. The Labute approximate surface area is 213 Å². The van der Waals surface area contributed by atoms with Crippen molar-refractivity contribution in [2.24, 2.45) is 5.92 Å². The van der Waals surface area contributed by atoms with Crippen LogP contribution in [0.5, 0.6) is 5.75 Å². The predicted octanol–water partition coefficient (Wildman–Crippen LogP) is 1.60. The fourth-order valence-corrected chi connectivity index (χ4v) is 5.98. The molecule has 0 spiro atoms. The Hall–Kier alpha value is -1.51. The van der Waals surface area contributed by atoms with Crippen LogP contribution in [0.4, 0.5) is 13.2 Å². The molecule has 1 aliphatic carbocycles. The third kappa shape index (κ3) is 5.48. The van der Waals surface area contributed by atoms with Crippen molar-refractivity contribution in [2.75, 3.05) is 7.05 Å². The van der Waals surface area contributed by atoms with E-state index in [-0.39, 0.29) is 18.6 Å². The van der Waals surface area contributed by atoms with E-state index in [0.717, 1.165) is 5.56 Å². The lowest BCUT2D eigenvalue weighted by atomic mass is 9.73. The molecule has 4 rings (SSSR count). The molecular formula is C25H36F3NO8. The van der Waals surface area contributed by atoms with Crippen molar-refractivity contribution in [2.45, 2.75) is 107 Å². The van der Waals surface area contributed by atoms with Crippen LogP contribution in [0.1, 0.15) is 45.1 Å². The number of aryl methyl sites for hydroxylation is 1. The molecule has 0 unspecified atom stereocenters. The first-order valence-electron chi connectivity index (χ1n) is 12.6.